The van der Waals surface area contributed by atoms with Crippen LogP contribution in [0.2, 0.25) is 0 Å². The smallest absolute Gasteiger partial charge is 0.222 e. The second-order valence-electron chi connectivity index (χ2n) is 5.58. The Morgan fingerprint density at radius 2 is 1.90 bits per heavy atom. The minimum absolute atomic E-state index is 0. The summed E-state index contributed by atoms with van der Waals surface area (Å²) in [4.78, 5) is 13.9. The van der Waals surface area contributed by atoms with Crippen molar-refractivity contribution in [2.75, 3.05) is 45.0 Å². The standard InChI is InChI=1S/C13H25N3O3S.ClH/c1-2-20(18,19)16-9-7-15(8-10-16)13(17)4-3-12-5-6-14-11-12;/h12,14H,2-11H2,1H3;1H. The van der Waals surface area contributed by atoms with Gasteiger partial charge in [-0.1, -0.05) is 0 Å². The van der Waals surface area contributed by atoms with Crippen molar-refractivity contribution in [1.29, 1.82) is 0 Å². The van der Waals surface area contributed by atoms with Crippen LogP contribution >= 0.6 is 12.4 Å². The molecular formula is C13H26ClN3O3S. The predicted octanol–water partition coefficient (Wildman–Crippen LogP) is 0.292. The fourth-order valence-corrected chi connectivity index (χ4v) is 3.93. The number of carbonyl (C=O) groups is 1. The molecule has 2 heterocycles. The topological polar surface area (TPSA) is 69.7 Å². The maximum Gasteiger partial charge on any atom is 0.222 e. The Labute approximate surface area is 133 Å². The number of sulfonamides is 1. The van der Waals surface area contributed by atoms with Crippen molar-refractivity contribution in [2.45, 2.75) is 26.2 Å². The average Bonchev–Trinajstić information content (AvgIpc) is 2.98. The molecule has 2 aliphatic rings. The van der Waals surface area contributed by atoms with E-state index in [4.69, 9.17) is 0 Å². The fourth-order valence-electron chi connectivity index (χ4n) is 2.84. The third kappa shape index (κ3) is 5.09. The summed E-state index contributed by atoms with van der Waals surface area (Å²) in [5.74, 6) is 0.932. The first-order valence-corrected chi connectivity index (χ1v) is 9.10. The number of nitrogens with one attached hydrogen (secondary N) is 1. The number of halogens is 1. The Morgan fingerprint density at radius 1 is 1.24 bits per heavy atom. The molecule has 21 heavy (non-hydrogen) atoms. The van der Waals surface area contributed by atoms with Crippen LogP contribution in [0.3, 0.4) is 0 Å². The Bertz CT molecular complexity index is 430. The summed E-state index contributed by atoms with van der Waals surface area (Å²) < 4.78 is 25.0. The summed E-state index contributed by atoms with van der Waals surface area (Å²) in [6.45, 7) is 5.67. The van der Waals surface area contributed by atoms with Crippen molar-refractivity contribution in [1.82, 2.24) is 14.5 Å². The highest BCUT2D eigenvalue weighted by atomic mass is 35.5. The summed E-state index contributed by atoms with van der Waals surface area (Å²) in [6.07, 6.45) is 2.70. The van der Waals surface area contributed by atoms with E-state index in [0.29, 0.717) is 38.5 Å². The molecule has 0 aromatic rings. The van der Waals surface area contributed by atoms with Crippen LogP contribution in [0.25, 0.3) is 0 Å². The molecule has 1 amide bonds. The van der Waals surface area contributed by atoms with Gasteiger partial charge in [0.15, 0.2) is 0 Å². The number of rotatable bonds is 5. The maximum absolute atomic E-state index is 12.1. The molecule has 0 bridgehead atoms. The zero-order valence-corrected chi connectivity index (χ0v) is 14.2. The third-order valence-electron chi connectivity index (χ3n) is 4.28. The van der Waals surface area contributed by atoms with Crippen LogP contribution < -0.4 is 5.32 Å². The van der Waals surface area contributed by atoms with E-state index in [2.05, 4.69) is 5.32 Å². The summed E-state index contributed by atoms with van der Waals surface area (Å²) in [5, 5.41) is 3.31. The van der Waals surface area contributed by atoms with Crippen LogP contribution in [0.15, 0.2) is 0 Å². The third-order valence-corrected chi connectivity index (χ3v) is 6.16. The molecule has 1 atom stereocenters. The number of amides is 1. The van der Waals surface area contributed by atoms with E-state index in [1.807, 2.05) is 4.90 Å². The second kappa shape index (κ2) is 8.31. The number of carbonyl (C=O) groups excluding carboxylic acids is 1. The van der Waals surface area contributed by atoms with Crippen molar-refractivity contribution in [2.24, 2.45) is 5.92 Å². The summed E-state index contributed by atoms with van der Waals surface area (Å²) in [7, 11) is -3.11. The molecule has 0 saturated carbocycles. The predicted molar refractivity (Wildman–Crippen MR) is 85.1 cm³/mol. The zero-order chi connectivity index (χ0) is 14.6. The Hall–Kier alpha value is -0.370. The Morgan fingerprint density at radius 3 is 2.43 bits per heavy atom. The van der Waals surface area contributed by atoms with Crippen molar-refractivity contribution in [3.63, 3.8) is 0 Å². The molecule has 2 fully saturated rings. The SMILES string of the molecule is CCS(=O)(=O)N1CCN(C(=O)CCC2CCNC2)CC1.Cl. The normalized spacial score (nSPS) is 23.9. The van der Waals surface area contributed by atoms with E-state index in [-0.39, 0.29) is 24.1 Å². The molecule has 2 saturated heterocycles. The number of piperazine rings is 1. The molecule has 2 aliphatic heterocycles. The van der Waals surface area contributed by atoms with Crippen LogP contribution in [0.1, 0.15) is 26.2 Å². The van der Waals surface area contributed by atoms with E-state index in [1.54, 1.807) is 6.92 Å². The number of nitrogens with zero attached hydrogens (tertiary/aromatic N) is 2. The van der Waals surface area contributed by atoms with Gasteiger partial charge in [-0.15, -0.1) is 12.4 Å². The maximum atomic E-state index is 12.1. The Kier molecular flexibility index (Phi) is 7.39. The minimum atomic E-state index is -3.11. The summed E-state index contributed by atoms with van der Waals surface area (Å²) >= 11 is 0. The first kappa shape index (κ1) is 18.7. The zero-order valence-electron chi connectivity index (χ0n) is 12.6. The monoisotopic (exact) mass is 339 g/mol. The molecule has 8 heteroatoms. The molecule has 0 spiro atoms. The van der Waals surface area contributed by atoms with Crippen molar-refractivity contribution in [3.05, 3.63) is 0 Å². The van der Waals surface area contributed by atoms with Crippen molar-refractivity contribution < 1.29 is 13.2 Å². The number of hydrogen-bond donors (Lipinski definition) is 1. The molecule has 0 aromatic heterocycles. The van der Waals surface area contributed by atoms with Crippen LogP contribution in [0.4, 0.5) is 0 Å². The lowest BCUT2D eigenvalue weighted by molar-refractivity contribution is -0.132. The average molecular weight is 340 g/mol. The quantitative estimate of drug-likeness (QED) is 0.781. The second-order valence-corrected chi connectivity index (χ2v) is 7.84. The lowest BCUT2D eigenvalue weighted by Crippen LogP contribution is -2.50. The highest BCUT2D eigenvalue weighted by Crippen LogP contribution is 2.16. The van der Waals surface area contributed by atoms with Gasteiger partial charge in [0.05, 0.1) is 5.75 Å². The van der Waals surface area contributed by atoms with Gasteiger partial charge in [0.1, 0.15) is 0 Å². The van der Waals surface area contributed by atoms with Crippen molar-refractivity contribution >= 4 is 28.3 Å². The highest BCUT2D eigenvalue weighted by Gasteiger charge is 2.27. The van der Waals surface area contributed by atoms with Gasteiger partial charge in [-0.05, 0) is 38.8 Å². The molecule has 1 unspecified atom stereocenters. The summed E-state index contributed by atoms with van der Waals surface area (Å²) in [5.41, 5.74) is 0. The van der Waals surface area contributed by atoms with E-state index >= 15 is 0 Å². The van der Waals surface area contributed by atoms with Gasteiger partial charge in [0.2, 0.25) is 15.9 Å². The molecular weight excluding hydrogens is 314 g/mol. The van der Waals surface area contributed by atoms with E-state index in [0.717, 1.165) is 25.9 Å². The molecule has 0 radical (unpaired) electrons. The van der Waals surface area contributed by atoms with Crippen LogP contribution in [0.5, 0.6) is 0 Å². The molecule has 124 valence electrons. The molecule has 2 rings (SSSR count). The van der Waals surface area contributed by atoms with Crippen LogP contribution in [0, 0.1) is 5.92 Å². The lowest BCUT2D eigenvalue weighted by atomic mass is 10.0. The van der Waals surface area contributed by atoms with Crippen molar-refractivity contribution in [3.8, 4) is 0 Å². The first-order chi connectivity index (χ1) is 9.53. The summed E-state index contributed by atoms with van der Waals surface area (Å²) in [6, 6.07) is 0. The van der Waals surface area contributed by atoms with E-state index < -0.39 is 10.0 Å². The highest BCUT2D eigenvalue weighted by molar-refractivity contribution is 7.89. The lowest BCUT2D eigenvalue weighted by Gasteiger charge is -2.34. The van der Waals surface area contributed by atoms with Gasteiger partial charge in [0, 0.05) is 32.6 Å². The number of hydrogen-bond acceptors (Lipinski definition) is 4. The largest absolute Gasteiger partial charge is 0.340 e. The van der Waals surface area contributed by atoms with Gasteiger partial charge in [-0.3, -0.25) is 4.79 Å². The molecule has 0 aromatic carbocycles. The minimum Gasteiger partial charge on any atom is -0.340 e. The van der Waals surface area contributed by atoms with Gasteiger partial charge in [-0.25, -0.2) is 8.42 Å². The van der Waals surface area contributed by atoms with E-state index in [9.17, 15) is 13.2 Å². The molecule has 1 N–H and O–H groups in total. The first-order valence-electron chi connectivity index (χ1n) is 7.49. The van der Waals surface area contributed by atoms with Gasteiger partial charge in [0.25, 0.3) is 0 Å². The van der Waals surface area contributed by atoms with Crippen LogP contribution in [-0.4, -0.2) is 68.6 Å². The van der Waals surface area contributed by atoms with Gasteiger partial charge in [-0.2, -0.15) is 4.31 Å². The fraction of sp³-hybridized carbons (Fsp3) is 0.923. The Balaban J connectivity index is 0.00000220. The van der Waals surface area contributed by atoms with Gasteiger partial charge < -0.3 is 10.2 Å². The van der Waals surface area contributed by atoms with Crippen LogP contribution in [-0.2, 0) is 14.8 Å². The molecule has 0 aliphatic carbocycles. The molecule has 6 nitrogen and oxygen atoms in total. The van der Waals surface area contributed by atoms with Gasteiger partial charge >= 0.3 is 0 Å². The van der Waals surface area contributed by atoms with E-state index in [1.165, 1.54) is 4.31 Å².